The first-order valence-corrected chi connectivity index (χ1v) is 6.74. The molecule has 0 bridgehead atoms. The Hall–Kier alpha value is -1.63. The molecule has 0 aliphatic rings. The monoisotopic (exact) mass is 266 g/mol. The summed E-state index contributed by atoms with van der Waals surface area (Å²) in [5.41, 5.74) is -0.141. The number of halogens is 2. The predicted octanol–water partition coefficient (Wildman–Crippen LogP) is 4.61. The maximum atomic E-state index is 13.6. The average molecular weight is 266 g/mol. The van der Waals surface area contributed by atoms with Gasteiger partial charge in [0.2, 0.25) is 0 Å². The third kappa shape index (κ3) is 4.86. The first kappa shape index (κ1) is 15.4. The van der Waals surface area contributed by atoms with Crippen LogP contribution in [0.5, 0.6) is 0 Å². The van der Waals surface area contributed by atoms with Crippen molar-refractivity contribution in [3.8, 4) is 6.07 Å². The van der Waals surface area contributed by atoms with Crippen LogP contribution in [0.1, 0.15) is 51.5 Å². The van der Waals surface area contributed by atoms with Gasteiger partial charge in [-0.05, 0) is 25.5 Å². The van der Waals surface area contributed by atoms with Crippen LogP contribution >= 0.6 is 0 Å². The van der Waals surface area contributed by atoms with Crippen LogP contribution in [0.2, 0.25) is 0 Å². The van der Waals surface area contributed by atoms with Crippen LogP contribution in [-0.4, -0.2) is 6.04 Å². The van der Waals surface area contributed by atoms with Gasteiger partial charge in [-0.15, -0.1) is 0 Å². The smallest absolute Gasteiger partial charge is 0.150 e. The molecule has 0 spiro atoms. The quantitative estimate of drug-likeness (QED) is 0.732. The fraction of sp³-hybridized carbons (Fsp3) is 0.533. The molecule has 1 N–H and O–H groups in total. The van der Waals surface area contributed by atoms with E-state index < -0.39 is 11.6 Å². The Morgan fingerprint density at radius 2 is 1.84 bits per heavy atom. The fourth-order valence-corrected chi connectivity index (χ4v) is 1.97. The Bertz CT molecular complexity index is 429. The molecule has 0 aliphatic carbocycles. The number of rotatable bonds is 7. The Balaban J connectivity index is 2.59. The van der Waals surface area contributed by atoms with Gasteiger partial charge in [-0.1, -0.05) is 32.6 Å². The minimum absolute atomic E-state index is 0.00357. The average Bonchev–Trinajstić information content (AvgIpc) is 2.38. The zero-order chi connectivity index (χ0) is 14.3. The highest BCUT2D eigenvalue weighted by Gasteiger charge is 2.13. The minimum atomic E-state index is -0.711. The van der Waals surface area contributed by atoms with Crippen LogP contribution in [0.3, 0.4) is 0 Å². The second-order valence-corrected chi connectivity index (χ2v) is 4.82. The van der Waals surface area contributed by atoms with E-state index in [1.54, 1.807) is 6.07 Å². The molecule has 0 heterocycles. The van der Waals surface area contributed by atoms with E-state index in [2.05, 4.69) is 12.2 Å². The van der Waals surface area contributed by atoms with Gasteiger partial charge in [-0.2, -0.15) is 5.26 Å². The lowest BCUT2D eigenvalue weighted by molar-refractivity contribution is 0.565. The van der Waals surface area contributed by atoms with Crippen molar-refractivity contribution >= 4 is 5.69 Å². The maximum Gasteiger partial charge on any atom is 0.150 e. The van der Waals surface area contributed by atoms with Gasteiger partial charge in [0.1, 0.15) is 5.69 Å². The summed E-state index contributed by atoms with van der Waals surface area (Å²) in [4.78, 5) is 0. The molecule has 0 aliphatic heterocycles. The van der Waals surface area contributed by atoms with E-state index in [0.29, 0.717) is 0 Å². The highest BCUT2D eigenvalue weighted by molar-refractivity contribution is 5.50. The first-order valence-electron chi connectivity index (χ1n) is 6.74. The fourth-order valence-electron chi connectivity index (χ4n) is 1.97. The van der Waals surface area contributed by atoms with E-state index in [4.69, 9.17) is 5.26 Å². The summed E-state index contributed by atoms with van der Waals surface area (Å²) in [6.45, 7) is 4.05. The predicted molar refractivity (Wildman–Crippen MR) is 72.9 cm³/mol. The number of nitrogens with zero attached hydrogens (tertiary/aromatic N) is 1. The van der Waals surface area contributed by atoms with Gasteiger partial charge in [0.25, 0.3) is 0 Å². The highest BCUT2D eigenvalue weighted by Crippen LogP contribution is 2.22. The molecule has 1 atom stereocenters. The van der Waals surface area contributed by atoms with Gasteiger partial charge in [-0.25, -0.2) is 8.78 Å². The third-order valence-electron chi connectivity index (χ3n) is 3.05. The largest absolute Gasteiger partial charge is 0.378 e. The zero-order valence-electron chi connectivity index (χ0n) is 11.5. The summed E-state index contributed by atoms with van der Waals surface area (Å²) in [6, 6.07) is 3.84. The van der Waals surface area contributed by atoms with Crippen LogP contribution in [0.25, 0.3) is 0 Å². The molecule has 2 nitrogen and oxygen atoms in total. The molecule has 0 saturated heterocycles. The zero-order valence-corrected chi connectivity index (χ0v) is 11.5. The van der Waals surface area contributed by atoms with E-state index in [1.165, 1.54) is 12.8 Å². The molecule has 0 radical (unpaired) electrons. The third-order valence-corrected chi connectivity index (χ3v) is 3.05. The van der Waals surface area contributed by atoms with Gasteiger partial charge in [0.05, 0.1) is 11.6 Å². The summed E-state index contributed by atoms with van der Waals surface area (Å²) in [5.74, 6) is -1.42. The minimum Gasteiger partial charge on any atom is -0.378 e. The van der Waals surface area contributed by atoms with E-state index in [0.717, 1.165) is 31.4 Å². The first-order chi connectivity index (χ1) is 9.08. The summed E-state index contributed by atoms with van der Waals surface area (Å²) in [7, 11) is 0. The van der Waals surface area contributed by atoms with Crippen molar-refractivity contribution in [3.05, 3.63) is 29.3 Å². The summed E-state index contributed by atoms with van der Waals surface area (Å²) >= 11 is 0. The molecular weight excluding hydrogens is 246 g/mol. The molecule has 1 rings (SSSR count). The second-order valence-electron chi connectivity index (χ2n) is 4.82. The summed E-state index contributed by atoms with van der Waals surface area (Å²) in [5, 5.41) is 11.5. The summed E-state index contributed by atoms with van der Waals surface area (Å²) < 4.78 is 27.3. The van der Waals surface area contributed by atoms with Crippen molar-refractivity contribution in [2.75, 3.05) is 5.32 Å². The number of anilines is 1. The molecule has 19 heavy (non-hydrogen) atoms. The lowest BCUT2D eigenvalue weighted by atomic mass is 10.1. The van der Waals surface area contributed by atoms with Crippen LogP contribution in [0.4, 0.5) is 14.5 Å². The topological polar surface area (TPSA) is 35.8 Å². The molecule has 1 unspecified atom stereocenters. The van der Waals surface area contributed by atoms with Crippen molar-refractivity contribution in [2.24, 2.45) is 0 Å². The van der Waals surface area contributed by atoms with E-state index in [9.17, 15) is 8.78 Å². The van der Waals surface area contributed by atoms with Crippen molar-refractivity contribution in [3.63, 3.8) is 0 Å². The number of hydrogen-bond acceptors (Lipinski definition) is 2. The number of nitrogens with one attached hydrogen (secondary N) is 1. The van der Waals surface area contributed by atoms with Gasteiger partial charge < -0.3 is 5.32 Å². The van der Waals surface area contributed by atoms with E-state index in [1.807, 2.05) is 6.92 Å². The molecular formula is C15H20F2N2. The molecule has 0 fully saturated rings. The van der Waals surface area contributed by atoms with E-state index >= 15 is 0 Å². The Morgan fingerprint density at radius 1 is 1.21 bits per heavy atom. The van der Waals surface area contributed by atoms with E-state index in [-0.39, 0.29) is 17.3 Å². The SMILES string of the molecule is CCCCCCC(C)Nc1c(F)cc(C#N)cc1F. The normalized spacial score (nSPS) is 11.9. The Kier molecular flexibility index (Phi) is 6.27. The summed E-state index contributed by atoms with van der Waals surface area (Å²) in [6.07, 6.45) is 5.41. The Morgan fingerprint density at radius 3 is 2.37 bits per heavy atom. The molecule has 0 aromatic heterocycles. The molecule has 0 saturated carbocycles. The van der Waals surface area contributed by atoms with Crippen molar-refractivity contribution < 1.29 is 8.78 Å². The molecule has 0 amide bonds. The number of nitriles is 1. The molecule has 4 heteroatoms. The number of hydrogen-bond donors (Lipinski definition) is 1. The van der Waals surface area contributed by atoms with Crippen molar-refractivity contribution in [2.45, 2.75) is 52.0 Å². The van der Waals surface area contributed by atoms with Crippen LogP contribution in [-0.2, 0) is 0 Å². The van der Waals surface area contributed by atoms with Crippen LogP contribution < -0.4 is 5.32 Å². The maximum absolute atomic E-state index is 13.6. The van der Waals surface area contributed by atoms with Crippen molar-refractivity contribution in [1.82, 2.24) is 0 Å². The number of unbranched alkanes of at least 4 members (excludes halogenated alkanes) is 3. The highest BCUT2D eigenvalue weighted by atomic mass is 19.1. The second kappa shape index (κ2) is 7.73. The molecule has 1 aromatic rings. The van der Waals surface area contributed by atoms with Gasteiger partial charge in [-0.3, -0.25) is 0 Å². The van der Waals surface area contributed by atoms with Gasteiger partial charge in [0, 0.05) is 6.04 Å². The lowest BCUT2D eigenvalue weighted by Gasteiger charge is -2.16. The van der Waals surface area contributed by atoms with Crippen molar-refractivity contribution in [1.29, 1.82) is 5.26 Å². The lowest BCUT2D eigenvalue weighted by Crippen LogP contribution is -2.17. The van der Waals surface area contributed by atoms with Crippen LogP contribution in [0, 0.1) is 23.0 Å². The standard InChI is InChI=1S/C15H20F2N2/c1-3-4-5-6-7-11(2)19-15-13(16)8-12(10-18)9-14(15)17/h8-9,11,19H,3-7H2,1-2H3. The van der Waals surface area contributed by atoms with Gasteiger partial charge >= 0.3 is 0 Å². The number of benzene rings is 1. The van der Waals surface area contributed by atoms with Crippen LogP contribution in [0.15, 0.2) is 12.1 Å². The molecule has 1 aromatic carbocycles. The van der Waals surface area contributed by atoms with Gasteiger partial charge in [0.15, 0.2) is 11.6 Å². The molecule has 104 valence electrons. The Labute approximate surface area is 113 Å².